The summed E-state index contributed by atoms with van der Waals surface area (Å²) in [5, 5.41) is 0. The van der Waals surface area contributed by atoms with Gasteiger partial charge in [0.05, 0.1) is 22.7 Å². The molecule has 3 aromatic rings. The predicted molar refractivity (Wildman–Crippen MR) is 143 cm³/mol. The molecule has 3 rings (SSSR count). The molecule has 202 valence electrons. The van der Waals surface area contributed by atoms with Crippen LogP contribution in [-0.2, 0) is 32.6 Å². The third-order valence-electron chi connectivity index (χ3n) is 4.72. The van der Waals surface area contributed by atoms with Crippen LogP contribution in [0, 0.1) is 49.0 Å². The van der Waals surface area contributed by atoms with E-state index in [-0.39, 0.29) is 24.5 Å². The molecule has 0 bridgehead atoms. The average molecular weight is 595 g/mol. The maximum Gasteiger partial charge on any atom is 2.00 e. The molecule has 0 fully saturated rings. The van der Waals surface area contributed by atoms with Crippen molar-refractivity contribution < 1.29 is 43.2 Å². The first kappa shape index (κ1) is 34.9. The molecular formula is C26H29F3FeN2O3S2. The van der Waals surface area contributed by atoms with Crippen LogP contribution in [-0.4, -0.2) is 27.6 Å². The van der Waals surface area contributed by atoms with Gasteiger partial charge in [-0.3, -0.25) is 9.98 Å². The van der Waals surface area contributed by atoms with Crippen molar-refractivity contribution >= 4 is 46.5 Å². The molecule has 0 radical (unpaired) electrons. The number of nitrogens with zero attached hydrogens (tertiary/aromatic N) is 2. The zero-order valence-electron chi connectivity index (χ0n) is 21.5. The molecule has 0 aliphatic heterocycles. The van der Waals surface area contributed by atoms with E-state index in [0.717, 1.165) is 21.1 Å². The first-order valence-electron chi connectivity index (χ1n) is 10.4. The summed E-state index contributed by atoms with van der Waals surface area (Å²) in [7, 11) is 0. The maximum atomic E-state index is 10.7. The molecule has 1 aromatic heterocycles. The Morgan fingerprint density at radius 3 is 1.38 bits per heavy atom. The van der Waals surface area contributed by atoms with Crippen LogP contribution >= 0.6 is 11.3 Å². The van der Waals surface area contributed by atoms with Gasteiger partial charge in [0.2, 0.25) is 0 Å². The van der Waals surface area contributed by atoms with Gasteiger partial charge in [0, 0.05) is 22.2 Å². The Morgan fingerprint density at radius 2 is 1.14 bits per heavy atom. The average Bonchev–Trinajstić information content (AvgIpc) is 3.12. The van der Waals surface area contributed by atoms with Crippen LogP contribution in [0.4, 0.5) is 24.5 Å². The van der Waals surface area contributed by atoms with E-state index in [2.05, 4.69) is 82.1 Å². The van der Waals surface area contributed by atoms with Crippen LogP contribution in [0.5, 0.6) is 0 Å². The number of hydrogen-bond donors (Lipinski definition) is 0. The van der Waals surface area contributed by atoms with E-state index in [1.165, 1.54) is 33.4 Å². The maximum absolute atomic E-state index is 10.7. The number of hydrogen-bond acceptors (Lipinski definition) is 6. The van der Waals surface area contributed by atoms with Crippen LogP contribution < -0.4 is 0 Å². The summed E-state index contributed by atoms with van der Waals surface area (Å²) in [6.45, 7) is 12.7. The molecule has 1 atom stereocenters. The monoisotopic (exact) mass is 594 g/mol. The fourth-order valence-electron chi connectivity index (χ4n) is 3.59. The molecular weight excluding hydrogens is 565 g/mol. The summed E-state index contributed by atoms with van der Waals surface area (Å²) < 4.78 is 52.6. The molecule has 5 nitrogen and oxygen atoms in total. The first-order chi connectivity index (χ1) is 16.2. The quantitative estimate of drug-likeness (QED) is 0.131. The van der Waals surface area contributed by atoms with Gasteiger partial charge in [-0.2, -0.15) is 0 Å². The standard InChI is InChI=1S/C24H26N2S.CHF3O3S.CH3.Fe/c1-15-9-17(3)23(18(4)10-15)25-13-21-7-8-22(27-21)14-26-24-19(5)11-16(2)12-20(24)6;2-1(3,4)7-8(5)6;;/h7-14H,1-6H3;(H,5,6);1H3;/q;;-1;+2/p-1. The van der Waals surface area contributed by atoms with Gasteiger partial charge in [0.1, 0.15) is 0 Å². The second-order valence-electron chi connectivity index (χ2n) is 7.98. The topological polar surface area (TPSA) is 74.1 Å². The van der Waals surface area contributed by atoms with Crippen molar-refractivity contribution in [2.45, 2.75) is 47.9 Å². The van der Waals surface area contributed by atoms with Gasteiger partial charge in [-0.25, -0.2) is 8.39 Å². The van der Waals surface area contributed by atoms with E-state index in [1.54, 1.807) is 11.3 Å². The molecule has 0 N–H and O–H groups in total. The molecule has 0 saturated carbocycles. The Kier molecular flexibility index (Phi) is 14.4. The summed E-state index contributed by atoms with van der Waals surface area (Å²) in [5.41, 5.74) is 9.55. The smallest absolute Gasteiger partial charge is 0.750 e. The molecule has 0 amide bonds. The van der Waals surface area contributed by atoms with Crippen molar-refractivity contribution in [1.82, 2.24) is 0 Å². The van der Waals surface area contributed by atoms with Gasteiger partial charge in [-0.15, -0.1) is 24.5 Å². The zero-order valence-corrected chi connectivity index (χ0v) is 24.3. The van der Waals surface area contributed by atoms with Crippen molar-refractivity contribution in [3.8, 4) is 0 Å². The number of aryl methyl sites for hydroxylation is 6. The fraction of sp³-hybridized carbons (Fsp3) is 0.269. The molecule has 0 spiro atoms. The molecule has 37 heavy (non-hydrogen) atoms. The fourth-order valence-corrected chi connectivity index (χ4v) is 4.50. The van der Waals surface area contributed by atoms with Crippen LogP contribution in [0.15, 0.2) is 46.4 Å². The van der Waals surface area contributed by atoms with Crippen molar-refractivity contribution in [1.29, 1.82) is 0 Å². The molecule has 1 heterocycles. The Bertz CT molecular complexity index is 1140. The van der Waals surface area contributed by atoms with Crippen LogP contribution in [0.3, 0.4) is 0 Å². The summed E-state index contributed by atoms with van der Waals surface area (Å²) >= 11 is -1.81. The Hall–Kier alpha value is -2.14. The van der Waals surface area contributed by atoms with E-state index in [9.17, 15) is 13.2 Å². The van der Waals surface area contributed by atoms with Gasteiger partial charge >= 0.3 is 23.4 Å². The number of rotatable bonds is 5. The SMILES string of the molecule is Cc1cc(C)c(N=Cc2ccc(C=Nc3c(C)cc(C)cc3C)s2)c(C)c1.O=S([O-])OC(F)(F)F.[CH3-].[Fe+2]. The zero-order chi connectivity index (χ0) is 26.3. The van der Waals surface area contributed by atoms with Gasteiger partial charge in [0.25, 0.3) is 0 Å². The van der Waals surface area contributed by atoms with E-state index in [1.807, 2.05) is 12.4 Å². The molecule has 1 unspecified atom stereocenters. The summed E-state index contributed by atoms with van der Waals surface area (Å²) in [5.74, 6) is 0. The van der Waals surface area contributed by atoms with E-state index in [4.69, 9.17) is 18.7 Å². The summed E-state index contributed by atoms with van der Waals surface area (Å²) in [4.78, 5) is 11.7. The largest absolute Gasteiger partial charge is 2.00 e. The van der Waals surface area contributed by atoms with Crippen LogP contribution in [0.2, 0.25) is 0 Å². The second kappa shape index (κ2) is 15.3. The first-order valence-corrected chi connectivity index (χ1v) is 12.3. The number of halogens is 3. The van der Waals surface area contributed by atoms with E-state index in [0.29, 0.717) is 0 Å². The normalized spacial score (nSPS) is 12.1. The number of aliphatic imine (C=N–C) groups is 2. The minimum Gasteiger partial charge on any atom is -0.750 e. The Labute approximate surface area is 233 Å². The Balaban J connectivity index is 0.00000113. The van der Waals surface area contributed by atoms with Crippen molar-refractivity contribution in [3.63, 3.8) is 0 Å². The van der Waals surface area contributed by atoms with Gasteiger partial charge < -0.3 is 12.0 Å². The summed E-state index contributed by atoms with van der Waals surface area (Å²) in [6, 6.07) is 12.9. The van der Waals surface area contributed by atoms with Gasteiger partial charge in [-0.1, -0.05) is 35.4 Å². The second-order valence-corrected chi connectivity index (χ2v) is 9.71. The number of thiophene rings is 1. The van der Waals surface area contributed by atoms with Crippen LogP contribution in [0.1, 0.15) is 43.1 Å². The predicted octanol–water partition coefficient (Wildman–Crippen LogP) is 7.86. The number of alkyl halides is 3. The van der Waals surface area contributed by atoms with Gasteiger partial charge in [0.15, 0.2) is 0 Å². The minimum absolute atomic E-state index is 0. The molecule has 2 aromatic carbocycles. The Morgan fingerprint density at radius 1 is 0.811 bits per heavy atom. The van der Waals surface area contributed by atoms with Crippen LogP contribution in [0.25, 0.3) is 0 Å². The summed E-state index contributed by atoms with van der Waals surface area (Å²) in [6.07, 6.45) is -1.18. The molecule has 0 aliphatic carbocycles. The van der Waals surface area contributed by atoms with Gasteiger partial charge in [-0.05, 0) is 75.9 Å². The van der Waals surface area contributed by atoms with Crippen molar-refractivity contribution in [2.75, 3.05) is 0 Å². The minimum atomic E-state index is -5.09. The third-order valence-corrected chi connectivity index (χ3v) is 6.00. The molecule has 0 saturated heterocycles. The third kappa shape index (κ3) is 11.8. The van der Waals surface area contributed by atoms with Crippen molar-refractivity contribution in [3.05, 3.63) is 87.0 Å². The molecule has 0 aliphatic rings. The number of benzene rings is 2. The van der Waals surface area contributed by atoms with Crippen molar-refractivity contribution in [2.24, 2.45) is 9.98 Å². The van der Waals surface area contributed by atoms with E-state index < -0.39 is 17.7 Å². The van der Waals surface area contributed by atoms with E-state index >= 15 is 0 Å². The molecule has 11 heteroatoms.